The van der Waals surface area contributed by atoms with E-state index in [1.54, 1.807) is 0 Å². The lowest BCUT2D eigenvalue weighted by atomic mass is 9.82. The average molecular weight is 598 g/mol. The first-order valence-corrected chi connectivity index (χ1v) is 16.3. The van der Waals surface area contributed by atoms with Crippen LogP contribution < -0.4 is 0 Å². The molecule has 0 N–H and O–H groups in total. The molecule has 3 nitrogen and oxygen atoms in total. The lowest BCUT2D eigenvalue weighted by Crippen LogP contribution is -2.21. The van der Waals surface area contributed by atoms with Crippen LogP contribution in [0.2, 0.25) is 0 Å². The number of benzene rings is 5. The van der Waals surface area contributed by atoms with E-state index in [2.05, 4.69) is 165 Å². The molecule has 0 bridgehead atoms. The molecule has 3 heterocycles. The summed E-state index contributed by atoms with van der Waals surface area (Å²) in [5, 5.41) is 5.11. The molecule has 0 saturated heterocycles. The van der Waals surface area contributed by atoms with Crippen LogP contribution in [0.4, 0.5) is 0 Å². The van der Waals surface area contributed by atoms with Gasteiger partial charge in [0.15, 0.2) is 0 Å². The molecule has 0 spiro atoms. The van der Waals surface area contributed by atoms with Gasteiger partial charge in [-0.2, -0.15) is 0 Å². The summed E-state index contributed by atoms with van der Waals surface area (Å²) in [6, 6.07) is 46.8. The molecule has 0 fully saturated rings. The SMILES string of the molecule is CC(C)(C)c1cc(-n2c3ccccc3c3ccccc32)cc(-n2c3ccccc3c3cc(CC(C)(C)c4ccccn4)ccc32)c1. The first-order chi connectivity index (χ1) is 22.2. The molecule has 0 radical (unpaired) electrons. The molecule has 0 aliphatic heterocycles. The van der Waals surface area contributed by atoms with Crippen LogP contribution in [0.25, 0.3) is 55.0 Å². The normalized spacial score (nSPS) is 12.5. The van der Waals surface area contributed by atoms with Crippen LogP contribution in [0, 0.1) is 0 Å². The van der Waals surface area contributed by atoms with Crippen LogP contribution in [-0.4, -0.2) is 14.1 Å². The largest absolute Gasteiger partial charge is 0.309 e. The highest BCUT2D eigenvalue weighted by atomic mass is 15.0. The zero-order valence-corrected chi connectivity index (χ0v) is 27.3. The lowest BCUT2D eigenvalue weighted by molar-refractivity contribution is 0.506. The van der Waals surface area contributed by atoms with Crippen molar-refractivity contribution in [2.24, 2.45) is 0 Å². The van der Waals surface area contributed by atoms with Crippen molar-refractivity contribution in [3.8, 4) is 11.4 Å². The second kappa shape index (κ2) is 10.5. The predicted molar refractivity (Wildman–Crippen MR) is 195 cm³/mol. The van der Waals surface area contributed by atoms with Gasteiger partial charge in [-0.05, 0) is 83.6 Å². The van der Waals surface area contributed by atoms with Crippen molar-refractivity contribution in [3.05, 3.63) is 150 Å². The van der Waals surface area contributed by atoms with Gasteiger partial charge < -0.3 is 9.13 Å². The second-order valence-electron chi connectivity index (χ2n) is 14.3. The third-order valence-electron chi connectivity index (χ3n) is 9.61. The minimum absolute atomic E-state index is 0.0352. The van der Waals surface area contributed by atoms with Gasteiger partial charge in [-0.1, -0.05) is 101 Å². The van der Waals surface area contributed by atoms with E-state index in [0.29, 0.717) is 0 Å². The van der Waals surface area contributed by atoms with Gasteiger partial charge >= 0.3 is 0 Å². The molecule has 226 valence electrons. The monoisotopic (exact) mass is 597 g/mol. The summed E-state index contributed by atoms with van der Waals surface area (Å²) in [7, 11) is 0. The third kappa shape index (κ3) is 4.61. The number of rotatable bonds is 5. The van der Waals surface area contributed by atoms with Gasteiger partial charge in [0.05, 0.1) is 22.1 Å². The summed E-state index contributed by atoms with van der Waals surface area (Å²) in [5.41, 5.74) is 10.9. The number of fused-ring (bicyclic) bond motifs is 6. The molecule has 8 rings (SSSR count). The minimum atomic E-state index is -0.0778. The van der Waals surface area contributed by atoms with Crippen LogP contribution >= 0.6 is 0 Å². The van der Waals surface area contributed by atoms with Crippen LogP contribution in [0.15, 0.2) is 134 Å². The Kier molecular flexibility index (Phi) is 6.44. The van der Waals surface area contributed by atoms with Crippen molar-refractivity contribution < 1.29 is 0 Å². The Labute approximate surface area is 270 Å². The van der Waals surface area contributed by atoms with E-state index in [1.165, 1.54) is 66.1 Å². The van der Waals surface area contributed by atoms with E-state index in [1.807, 2.05) is 12.3 Å². The highest BCUT2D eigenvalue weighted by Gasteiger charge is 2.24. The molecule has 3 heteroatoms. The highest BCUT2D eigenvalue weighted by molar-refractivity contribution is 6.10. The average Bonchev–Trinajstić information content (AvgIpc) is 3.57. The van der Waals surface area contributed by atoms with Gasteiger partial charge in [0.2, 0.25) is 0 Å². The molecule has 0 unspecified atom stereocenters. The molecule has 0 atom stereocenters. The first-order valence-electron chi connectivity index (χ1n) is 16.3. The summed E-state index contributed by atoms with van der Waals surface area (Å²) >= 11 is 0. The fourth-order valence-corrected chi connectivity index (χ4v) is 7.26. The molecule has 8 aromatic rings. The molecule has 0 saturated carbocycles. The standard InChI is InChI=1S/C43H39N3/c1-42(2,3)30-25-31(45-37-17-9-6-14-33(37)34-15-7-10-18-38(34)45)27-32(26-30)46-39-19-11-8-16-35(39)36-24-29(21-22-40(36)46)28-43(4,5)41-20-12-13-23-44-41/h6-27H,28H2,1-5H3. The van der Waals surface area contributed by atoms with E-state index in [4.69, 9.17) is 4.98 Å². The molecule has 0 aliphatic carbocycles. The summed E-state index contributed by atoms with van der Waals surface area (Å²) in [6.45, 7) is 11.5. The fourth-order valence-electron chi connectivity index (χ4n) is 7.26. The van der Waals surface area contributed by atoms with Gasteiger partial charge in [-0.15, -0.1) is 0 Å². The molecule has 0 amide bonds. The zero-order chi connectivity index (χ0) is 31.6. The number of aromatic nitrogens is 3. The quantitative estimate of drug-likeness (QED) is 0.193. The van der Waals surface area contributed by atoms with Crippen molar-refractivity contribution in [2.45, 2.75) is 51.9 Å². The first kappa shape index (κ1) is 28.3. The Hall–Kier alpha value is -5.15. The fraction of sp³-hybridized carbons (Fsp3) is 0.186. The molecular formula is C43H39N3. The number of hydrogen-bond acceptors (Lipinski definition) is 1. The van der Waals surface area contributed by atoms with Crippen molar-refractivity contribution >= 4 is 43.6 Å². The summed E-state index contributed by atoms with van der Waals surface area (Å²) in [5.74, 6) is 0. The smallest absolute Gasteiger partial charge is 0.0541 e. The maximum absolute atomic E-state index is 4.69. The van der Waals surface area contributed by atoms with Crippen LogP contribution in [0.1, 0.15) is 51.4 Å². The Morgan fingerprint density at radius 3 is 1.52 bits per heavy atom. The highest BCUT2D eigenvalue weighted by Crippen LogP contribution is 2.38. The van der Waals surface area contributed by atoms with Gasteiger partial charge in [-0.3, -0.25) is 4.98 Å². The van der Waals surface area contributed by atoms with Gasteiger partial charge in [0, 0.05) is 50.2 Å². The molecule has 3 aromatic heterocycles. The Morgan fingerprint density at radius 1 is 0.500 bits per heavy atom. The van der Waals surface area contributed by atoms with Crippen LogP contribution in [-0.2, 0) is 17.3 Å². The van der Waals surface area contributed by atoms with E-state index < -0.39 is 0 Å². The number of nitrogens with zero attached hydrogens (tertiary/aromatic N) is 3. The molecular weight excluding hydrogens is 558 g/mol. The Bertz CT molecular complexity index is 2340. The van der Waals surface area contributed by atoms with Crippen molar-refractivity contribution in [3.63, 3.8) is 0 Å². The predicted octanol–water partition coefficient (Wildman–Crippen LogP) is 11.1. The van der Waals surface area contributed by atoms with Crippen LogP contribution in [0.3, 0.4) is 0 Å². The Balaban J connectivity index is 1.36. The molecule has 46 heavy (non-hydrogen) atoms. The summed E-state index contributed by atoms with van der Waals surface area (Å²) in [4.78, 5) is 4.69. The number of para-hydroxylation sites is 3. The maximum atomic E-state index is 4.69. The summed E-state index contributed by atoms with van der Waals surface area (Å²) in [6.07, 6.45) is 2.81. The minimum Gasteiger partial charge on any atom is -0.309 e. The Morgan fingerprint density at radius 2 is 1.00 bits per heavy atom. The van der Waals surface area contributed by atoms with E-state index in [9.17, 15) is 0 Å². The third-order valence-corrected chi connectivity index (χ3v) is 9.61. The summed E-state index contributed by atoms with van der Waals surface area (Å²) < 4.78 is 4.90. The van der Waals surface area contributed by atoms with Gasteiger partial charge in [0.25, 0.3) is 0 Å². The van der Waals surface area contributed by atoms with E-state index in [0.717, 1.165) is 12.1 Å². The maximum Gasteiger partial charge on any atom is 0.0541 e. The molecule has 5 aromatic carbocycles. The van der Waals surface area contributed by atoms with Gasteiger partial charge in [0.1, 0.15) is 0 Å². The van der Waals surface area contributed by atoms with E-state index >= 15 is 0 Å². The second-order valence-corrected chi connectivity index (χ2v) is 14.3. The van der Waals surface area contributed by atoms with Crippen LogP contribution in [0.5, 0.6) is 0 Å². The van der Waals surface area contributed by atoms with E-state index in [-0.39, 0.29) is 10.8 Å². The van der Waals surface area contributed by atoms with Crippen molar-refractivity contribution in [1.29, 1.82) is 0 Å². The number of pyridine rings is 1. The molecule has 0 aliphatic rings. The lowest BCUT2D eigenvalue weighted by Gasteiger charge is -2.24. The number of hydrogen-bond donors (Lipinski definition) is 0. The topological polar surface area (TPSA) is 22.8 Å². The zero-order valence-electron chi connectivity index (χ0n) is 27.3. The van der Waals surface area contributed by atoms with Crippen molar-refractivity contribution in [2.75, 3.05) is 0 Å². The van der Waals surface area contributed by atoms with Gasteiger partial charge in [-0.25, -0.2) is 0 Å². The van der Waals surface area contributed by atoms with Crippen molar-refractivity contribution in [1.82, 2.24) is 14.1 Å².